The molecule has 0 radical (unpaired) electrons. The van der Waals surface area contributed by atoms with E-state index in [1.54, 1.807) is 12.2 Å². The largest absolute Gasteiger partial charge is 0.487 e. The number of carbonyl (C=O) groups excluding carboxylic acids is 1. The number of ether oxygens (including phenoxy) is 2. The van der Waals surface area contributed by atoms with Crippen LogP contribution >= 0.6 is 11.6 Å². The van der Waals surface area contributed by atoms with Gasteiger partial charge < -0.3 is 14.8 Å². The normalized spacial score (nSPS) is 12.9. The molecule has 1 N–H and O–H groups in total. The van der Waals surface area contributed by atoms with E-state index in [9.17, 15) is 18.0 Å². The van der Waals surface area contributed by atoms with Crippen molar-refractivity contribution < 1.29 is 27.4 Å². The Balaban J connectivity index is 2.75. The fourth-order valence-corrected chi connectivity index (χ4v) is 1.59. The van der Waals surface area contributed by atoms with Crippen molar-refractivity contribution >= 4 is 23.2 Å². The summed E-state index contributed by atoms with van der Waals surface area (Å²) < 4.78 is 46.6. The fourth-order valence-electron chi connectivity index (χ4n) is 1.36. The minimum atomic E-state index is -4.95. The topological polar surface area (TPSA) is 47.6 Å². The molecule has 0 saturated carbocycles. The van der Waals surface area contributed by atoms with Crippen molar-refractivity contribution in [2.75, 3.05) is 19.0 Å². The molecule has 0 aliphatic rings. The van der Waals surface area contributed by atoms with Gasteiger partial charge in [0.2, 0.25) is 0 Å². The highest BCUT2D eigenvalue weighted by molar-refractivity contribution is 6.32. The van der Waals surface area contributed by atoms with Gasteiger partial charge in [0.15, 0.2) is 0 Å². The lowest BCUT2D eigenvalue weighted by molar-refractivity contribution is -0.167. The van der Waals surface area contributed by atoms with Crippen LogP contribution in [0.1, 0.15) is 6.92 Å². The summed E-state index contributed by atoms with van der Waals surface area (Å²) in [7, 11) is 1.51. The van der Waals surface area contributed by atoms with Crippen LogP contribution in [0.25, 0.3) is 0 Å². The summed E-state index contributed by atoms with van der Waals surface area (Å²) in [5.41, 5.74) is -0.0657. The Morgan fingerprint density at radius 2 is 2.10 bits per heavy atom. The van der Waals surface area contributed by atoms with Gasteiger partial charge in [-0.3, -0.25) is 4.79 Å². The number of carbonyl (C=O) groups is 1. The SMILES string of the molecule is COCC(C)Oc1ccc(NC(=O)C(F)(F)F)cc1Cl. The van der Waals surface area contributed by atoms with Gasteiger partial charge >= 0.3 is 12.1 Å². The van der Waals surface area contributed by atoms with Crippen LogP contribution in [-0.4, -0.2) is 31.9 Å². The minimum Gasteiger partial charge on any atom is -0.487 e. The molecule has 0 spiro atoms. The maximum atomic E-state index is 12.1. The second-order valence-corrected chi connectivity index (χ2v) is 4.39. The van der Waals surface area contributed by atoms with E-state index in [0.29, 0.717) is 12.4 Å². The van der Waals surface area contributed by atoms with Crippen LogP contribution in [0.4, 0.5) is 18.9 Å². The summed E-state index contributed by atoms with van der Waals surface area (Å²) in [5.74, 6) is -1.77. The lowest BCUT2D eigenvalue weighted by Gasteiger charge is -2.15. The number of anilines is 1. The molecule has 1 atom stereocenters. The molecule has 0 aliphatic carbocycles. The van der Waals surface area contributed by atoms with Gasteiger partial charge in [0.25, 0.3) is 0 Å². The second kappa shape index (κ2) is 6.81. The van der Waals surface area contributed by atoms with Gasteiger partial charge in [0.1, 0.15) is 11.9 Å². The molecule has 1 aromatic rings. The Labute approximate surface area is 118 Å². The molecule has 1 amide bonds. The predicted octanol–water partition coefficient (Wildman–Crippen LogP) is 3.25. The maximum absolute atomic E-state index is 12.1. The second-order valence-electron chi connectivity index (χ2n) is 3.98. The van der Waals surface area contributed by atoms with Crippen LogP contribution in [0.2, 0.25) is 5.02 Å². The van der Waals surface area contributed by atoms with Crippen LogP contribution < -0.4 is 10.1 Å². The van der Waals surface area contributed by atoms with Crippen molar-refractivity contribution in [2.45, 2.75) is 19.2 Å². The molecule has 0 aromatic heterocycles. The molecule has 4 nitrogen and oxygen atoms in total. The summed E-state index contributed by atoms with van der Waals surface area (Å²) in [6.45, 7) is 2.09. The molecule has 0 fully saturated rings. The Hall–Kier alpha value is -1.47. The summed E-state index contributed by atoms with van der Waals surface area (Å²) in [6, 6.07) is 3.82. The van der Waals surface area contributed by atoms with Gasteiger partial charge in [0.05, 0.1) is 11.6 Å². The highest BCUT2D eigenvalue weighted by atomic mass is 35.5. The van der Waals surface area contributed by atoms with Crippen molar-refractivity contribution in [3.05, 3.63) is 23.2 Å². The zero-order chi connectivity index (χ0) is 15.3. The van der Waals surface area contributed by atoms with Crippen molar-refractivity contribution in [3.63, 3.8) is 0 Å². The zero-order valence-corrected chi connectivity index (χ0v) is 11.5. The zero-order valence-electron chi connectivity index (χ0n) is 10.8. The van der Waals surface area contributed by atoms with E-state index in [2.05, 4.69) is 0 Å². The van der Waals surface area contributed by atoms with Gasteiger partial charge in [-0.25, -0.2) is 0 Å². The molecule has 0 heterocycles. The molecular weight excluding hydrogens is 299 g/mol. The van der Waals surface area contributed by atoms with Gasteiger partial charge in [-0.1, -0.05) is 11.6 Å². The Kier molecular flexibility index (Phi) is 5.64. The van der Waals surface area contributed by atoms with Gasteiger partial charge in [0, 0.05) is 12.8 Å². The average molecular weight is 312 g/mol. The fraction of sp³-hybridized carbons (Fsp3) is 0.417. The summed E-state index contributed by atoms with van der Waals surface area (Å²) in [5, 5.41) is 1.79. The molecular formula is C12H13ClF3NO3. The highest BCUT2D eigenvalue weighted by Gasteiger charge is 2.38. The number of hydrogen-bond acceptors (Lipinski definition) is 3. The van der Waals surface area contributed by atoms with Crippen LogP contribution in [0, 0.1) is 0 Å². The molecule has 0 saturated heterocycles. The minimum absolute atomic E-state index is 0.0657. The number of hydrogen-bond donors (Lipinski definition) is 1. The third kappa shape index (κ3) is 4.90. The lowest BCUT2D eigenvalue weighted by atomic mass is 10.3. The van der Waals surface area contributed by atoms with E-state index in [1.165, 1.54) is 25.3 Å². The molecule has 0 aliphatic heterocycles. The number of rotatable bonds is 5. The molecule has 0 bridgehead atoms. The molecule has 1 rings (SSSR count). The van der Waals surface area contributed by atoms with E-state index in [4.69, 9.17) is 21.1 Å². The van der Waals surface area contributed by atoms with E-state index < -0.39 is 12.1 Å². The number of nitrogens with one attached hydrogen (secondary N) is 1. The first-order valence-corrected chi connectivity index (χ1v) is 5.95. The average Bonchev–Trinajstić information content (AvgIpc) is 2.31. The van der Waals surface area contributed by atoms with Gasteiger partial charge in [-0.05, 0) is 25.1 Å². The van der Waals surface area contributed by atoms with Crippen LogP contribution in [-0.2, 0) is 9.53 Å². The van der Waals surface area contributed by atoms with E-state index in [-0.39, 0.29) is 16.8 Å². The van der Waals surface area contributed by atoms with Gasteiger partial charge in [-0.15, -0.1) is 0 Å². The first kappa shape index (κ1) is 16.6. The van der Waals surface area contributed by atoms with E-state index in [1.807, 2.05) is 0 Å². The van der Waals surface area contributed by atoms with Crippen molar-refractivity contribution in [3.8, 4) is 5.75 Å². The third-order valence-corrected chi connectivity index (χ3v) is 2.47. The van der Waals surface area contributed by atoms with Crippen molar-refractivity contribution in [2.24, 2.45) is 0 Å². The standard InChI is InChI=1S/C12H13ClF3NO3/c1-7(6-19-2)20-10-4-3-8(5-9(10)13)17-11(18)12(14,15)16/h3-5,7H,6H2,1-2H3,(H,17,18). The Bertz CT molecular complexity index is 480. The molecule has 112 valence electrons. The first-order valence-electron chi connectivity index (χ1n) is 5.57. The molecule has 1 aromatic carbocycles. The third-order valence-electron chi connectivity index (χ3n) is 2.18. The summed E-state index contributed by atoms with van der Waals surface area (Å²) in [4.78, 5) is 10.8. The number of alkyl halides is 3. The molecule has 1 unspecified atom stereocenters. The predicted molar refractivity (Wildman–Crippen MR) is 68.1 cm³/mol. The Morgan fingerprint density at radius 1 is 1.45 bits per heavy atom. The molecule has 8 heteroatoms. The number of methoxy groups -OCH3 is 1. The monoisotopic (exact) mass is 311 g/mol. The molecule has 20 heavy (non-hydrogen) atoms. The van der Waals surface area contributed by atoms with Crippen LogP contribution in [0.5, 0.6) is 5.75 Å². The van der Waals surface area contributed by atoms with Gasteiger partial charge in [-0.2, -0.15) is 13.2 Å². The lowest BCUT2D eigenvalue weighted by Crippen LogP contribution is -2.29. The van der Waals surface area contributed by atoms with Crippen LogP contribution in [0.15, 0.2) is 18.2 Å². The number of halogens is 4. The first-order chi connectivity index (χ1) is 9.24. The Morgan fingerprint density at radius 3 is 2.60 bits per heavy atom. The van der Waals surface area contributed by atoms with E-state index in [0.717, 1.165) is 0 Å². The maximum Gasteiger partial charge on any atom is 0.471 e. The quantitative estimate of drug-likeness (QED) is 0.908. The summed E-state index contributed by atoms with van der Waals surface area (Å²) in [6.07, 6.45) is -5.22. The highest BCUT2D eigenvalue weighted by Crippen LogP contribution is 2.29. The summed E-state index contributed by atoms with van der Waals surface area (Å²) >= 11 is 5.87. The number of amides is 1. The van der Waals surface area contributed by atoms with Crippen LogP contribution in [0.3, 0.4) is 0 Å². The van der Waals surface area contributed by atoms with Crippen molar-refractivity contribution in [1.82, 2.24) is 0 Å². The smallest absolute Gasteiger partial charge is 0.471 e. The van der Waals surface area contributed by atoms with E-state index >= 15 is 0 Å². The number of benzene rings is 1. The van der Waals surface area contributed by atoms with Crippen molar-refractivity contribution in [1.29, 1.82) is 0 Å².